The number of hydrogen-bond acceptors (Lipinski definition) is 2. The Balaban J connectivity index is 3.03. The summed E-state index contributed by atoms with van der Waals surface area (Å²) in [5, 5.41) is 0. The van der Waals surface area contributed by atoms with Gasteiger partial charge in [0.1, 0.15) is 0 Å². The van der Waals surface area contributed by atoms with Gasteiger partial charge in [0.2, 0.25) is 0 Å². The first-order valence-corrected chi connectivity index (χ1v) is 3.25. The normalized spacial score (nSPS) is 10.6. The molecule has 0 N–H and O–H groups in total. The van der Waals surface area contributed by atoms with Gasteiger partial charge in [0.15, 0.2) is 5.82 Å². The van der Waals surface area contributed by atoms with Crippen molar-refractivity contribution >= 4 is 12.0 Å². The van der Waals surface area contributed by atoms with Gasteiger partial charge in [-0.2, -0.15) is 0 Å². The minimum Gasteiger partial charge on any atom is -0.242 e. The van der Waals surface area contributed by atoms with E-state index in [4.69, 9.17) is 0 Å². The van der Waals surface area contributed by atoms with E-state index >= 15 is 0 Å². The Morgan fingerprint density at radius 1 is 1.60 bits per heavy atom. The standard InChI is InChI=1S/C8H10N2/c1-3-9-8-7(2)5-4-6-10-8/h3-6H,1-2H3/b9-3+. The second-order valence-electron chi connectivity index (χ2n) is 2.03. The minimum absolute atomic E-state index is 0.810. The van der Waals surface area contributed by atoms with Crippen LogP contribution < -0.4 is 0 Å². The summed E-state index contributed by atoms with van der Waals surface area (Å²) < 4.78 is 0. The van der Waals surface area contributed by atoms with Crippen molar-refractivity contribution in [3.05, 3.63) is 23.9 Å². The van der Waals surface area contributed by atoms with E-state index in [0.717, 1.165) is 11.4 Å². The minimum atomic E-state index is 0.810. The van der Waals surface area contributed by atoms with Gasteiger partial charge in [0, 0.05) is 12.4 Å². The Hall–Kier alpha value is -1.18. The molecule has 0 saturated carbocycles. The quantitative estimate of drug-likeness (QED) is 0.540. The average Bonchev–Trinajstić information content (AvgIpc) is 1.94. The third kappa shape index (κ3) is 1.41. The summed E-state index contributed by atoms with van der Waals surface area (Å²) in [6.07, 6.45) is 3.49. The van der Waals surface area contributed by atoms with E-state index in [-0.39, 0.29) is 0 Å². The molecule has 0 aliphatic rings. The SMILES string of the molecule is C/C=N/c1ncccc1C. The Kier molecular flexibility index (Phi) is 2.15. The fraction of sp³-hybridized carbons (Fsp3) is 0.250. The van der Waals surface area contributed by atoms with Gasteiger partial charge in [0.25, 0.3) is 0 Å². The van der Waals surface area contributed by atoms with Gasteiger partial charge in [0.05, 0.1) is 0 Å². The molecule has 0 bridgehead atoms. The van der Waals surface area contributed by atoms with E-state index in [0.29, 0.717) is 0 Å². The number of rotatable bonds is 1. The Bertz CT molecular complexity index is 241. The molecule has 1 heterocycles. The maximum absolute atomic E-state index is 4.07. The van der Waals surface area contributed by atoms with Crippen LogP contribution in [0.1, 0.15) is 12.5 Å². The molecule has 0 unspecified atom stereocenters. The first-order valence-electron chi connectivity index (χ1n) is 3.25. The molecule has 1 aromatic heterocycles. The molecule has 0 aliphatic carbocycles. The topological polar surface area (TPSA) is 25.2 Å². The van der Waals surface area contributed by atoms with Gasteiger partial charge in [-0.3, -0.25) is 0 Å². The third-order valence-corrected chi connectivity index (χ3v) is 1.23. The van der Waals surface area contributed by atoms with Gasteiger partial charge < -0.3 is 0 Å². The highest BCUT2D eigenvalue weighted by molar-refractivity contribution is 5.59. The Morgan fingerprint density at radius 3 is 3.00 bits per heavy atom. The Labute approximate surface area is 60.6 Å². The summed E-state index contributed by atoms with van der Waals surface area (Å²) in [4.78, 5) is 8.14. The molecule has 0 aromatic carbocycles. The van der Waals surface area contributed by atoms with Crippen molar-refractivity contribution in [2.24, 2.45) is 4.99 Å². The van der Waals surface area contributed by atoms with Crippen molar-refractivity contribution in [3.63, 3.8) is 0 Å². The van der Waals surface area contributed by atoms with Crippen LogP contribution in [-0.2, 0) is 0 Å². The number of nitrogens with zero attached hydrogens (tertiary/aromatic N) is 2. The molecule has 0 radical (unpaired) electrons. The number of hydrogen-bond donors (Lipinski definition) is 0. The van der Waals surface area contributed by atoms with Crippen LogP contribution in [0.4, 0.5) is 5.82 Å². The molecule has 0 amide bonds. The zero-order valence-corrected chi connectivity index (χ0v) is 6.20. The lowest BCUT2D eigenvalue weighted by Gasteiger charge is -1.94. The van der Waals surface area contributed by atoms with E-state index in [1.165, 1.54) is 0 Å². The lowest BCUT2D eigenvalue weighted by atomic mass is 10.3. The molecule has 0 spiro atoms. The largest absolute Gasteiger partial charge is 0.242 e. The first-order chi connectivity index (χ1) is 4.84. The second kappa shape index (κ2) is 3.11. The van der Waals surface area contributed by atoms with Crippen LogP contribution >= 0.6 is 0 Å². The summed E-state index contributed by atoms with van der Waals surface area (Å²) in [5.41, 5.74) is 1.11. The Morgan fingerprint density at radius 2 is 2.40 bits per heavy atom. The fourth-order valence-electron chi connectivity index (χ4n) is 0.735. The maximum atomic E-state index is 4.07. The molecule has 1 aromatic rings. The summed E-state index contributed by atoms with van der Waals surface area (Å²) in [7, 11) is 0. The van der Waals surface area contributed by atoms with E-state index < -0.39 is 0 Å². The highest BCUT2D eigenvalue weighted by Gasteiger charge is 1.90. The van der Waals surface area contributed by atoms with Gasteiger partial charge >= 0.3 is 0 Å². The van der Waals surface area contributed by atoms with Crippen molar-refractivity contribution in [2.75, 3.05) is 0 Å². The summed E-state index contributed by atoms with van der Waals surface area (Å²) in [6.45, 7) is 3.88. The molecule has 0 aliphatic heterocycles. The number of pyridine rings is 1. The van der Waals surface area contributed by atoms with Gasteiger partial charge in [-0.1, -0.05) is 6.07 Å². The maximum Gasteiger partial charge on any atom is 0.154 e. The van der Waals surface area contributed by atoms with Crippen LogP contribution in [0.2, 0.25) is 0 Å². The van der Waals surface area contributed by atoms with Crippen molar-refractivity contribution in [3.8, 4) is 0 Å². The van der Waals surface area contributed by atoms with Gasteiger partial charge in [-0.25, -0.2) is 9.98 Å². The van der Waals surface area contributed by atoms with Gasteiger partial charge in [-0.15, -0.1) is 0 Å². The summed E-state index contributed by atoms with van der Waals surface area (Å²) >= 11 is 0. The molecular formula is C8H10N2. The van der Waals surface area contributed by atoms with Gasteiger partial charge in [-0.05, 0) is 25.5 Å². The predicted molar refractivity (Wildman–Crippen MR) is 42.8 cm³/mol. The predicted octanol–water partition coefficient (Wildman–Crippen LogP) is 2.11. The van der Waals surface area contributed by atoms with Crippen LogP contribution in [0, 0.1) is 6.92 Å². The average molecular weight is 134 g/mol. The molecule has 52 valence electrons. The van der Waals surface area contributed by atoms with E-state index in [1.54, 1.807) is 12.4 Å². The van der Waals surface area contributed by atoms with E-state index in [2.05, 4.69) is 9.98 Å². The summed E-state index contributed by atoms with van der Waals surface area (Å²) in [5.74, 6) is 0.810. The van der Waals surface area contributed by atoms with E-state index in [9.17, 15) is 0 Å². The smallest absolute Gasteiger partial charge is 0.154 e. The van der Waals surface area contributed by atoms with Crippen molar-refractivity contribution in [2.45, 2.75) is 13.8 Å². The zero-order chi connectivity index (χ0) is 7.40. The molecule has 0 fully saturated rings. The number of aromatic nitrogens is 1. The van der Waals surface area contributed by atoms with Crippen LogP contribution in [-0.4, -0.2) is 11.2 Å². The lowest BCUT2D eigenvalue weighted by Crippen LogP contribution is -1.77. The molecule has 0 saturated heterocycles. The summed E-state index contributed by atoms with van der Waals surface area (Å²) in [6, 6.07) is 3.90. The first kappa shape index (κ1) is 6.93. The van der Waals surface area contributed by atoms with Crippen LogP contribution in [0.15, 0.2) is 23.3 Å². The van der Waals surface area contributed by atoms with Crippen LogP contribution in [0.3, 0.4) is 0 Å². The van der Waals surface area contributed by atoms with Crippen LogP contribution in [0.25, 0.3) is 0 Å². The monoisotopic (exact) mass is 134 g/mol. The highest BCUT2D eigenvalue weighted by atomic mass is 14.9. The number of aryl methyl sites for hydroxylation is 1. The molecule has 2 nitrogen and oxygen atoms in total. The number of aliphatic imine (C=N–C) groups is 1. The molecule has 10 heavy (non-hydrogen) atoms. The van der Waals surface area contributed by atoms with Crippen molar-refractivity contribution in [1.82, 2.24) is 4.98 Å². The lowest BCUT2D eigenvalue weighted by molar-refractivity contribution is 1.23. The zero-order valence-electron chi connectivity index (χ0n) is 6.20. The van der Waals surface area contributed by atoms with E-state index in [1.807, 2.05) is 26.0 Å². The second-order valence-corrected chi connectivity index (χ2v) is 2.03. The molecule has 1 rings (SSSR count). The molecule has 0 atom stereocenters. The third-order valence-electron chi connectivity index (χ3n) is 1.23. The highest BCUT2D eigenvalue weighted by Crippen LogP contribution is 2.11. The van der Waals surface area contributed by atoms with Crippen molar-refractivity contribution in [1.29, 1.82) is 0 Å². The molecular weight excluding hydrogens is 124 g/mol. The van der Waals surface area contributed by atoms with Crippen molar-refractivity contribution < 1.29 is 0 Å². The molecule has 2 heteroatoms. The van der Waals surface area contributed by atoms with Crippen LogP contribution in [0.5, 0.6) is 0 Å². The fourth-order valence-corrected chi connectivity index (χ4v) is 0.735.